The number of carbonyl (C=O) groups excluding carboxylic acids is 1. The number of esters is 1. The fourth-order valence-electron chi connectivity index (χ4n) is 4.75. The Morgan fingerprint density at radius 2 is 2.03 bits per heavy atom. The zero-order valence-corrected chi connectivity index (χ0v) is 21.3. The molecule has 1 atom stereocenters. The molecule has 0 bridgehead atoms. The second-order valence-electron chi connectivity index (χ2n) is 9.43. The van der Waals surface area contributed by atoms with Gasteiger partial charge in [-0.25, -0.2) is 9.78 Å². The molecule has 0 aliphatic carbocycles. The number of benzene rings is 1. The van der Waals surface area contributed by atoms with E-state index >= 15 is 0 Å². The van der Waals surface area contributed by atoms with Gasteiger partial charge in [0.15, 0.2) is 0 Å². The van der Waals surface area contributed by atoms with Crippen LogP contribution in [0.1, 0.15) is 28.2 Å². The van der Waals surface area contributed by atoms with Gasteiger partial charge in [0, 0.05) is 40.9 Å². The highest BCUT2D eigenvalue weighted by Crippen LogP contribution is 2.32. The van der Waals surface area contributed by atoms with Crippen LogP contribution in [0.5, 0.6) is 0 Å². The van der Waals surface area contributed by atoms with Crippen molar-refractivity contribution in [1.82, 2.24) is 25.3 Å². The summed E-state index contributed by atoms with van der Waals surface area (Å²) in [7, 11) is 0. The minimum Gasteiger partial charge on any atom is -0.461 e. The van der Waals surface area contributed by atoms with E-state index in [0.29, 0.717) is 17.4 Å². The highest BCUT2D eigenvalue weighted by molar-refractivity contribution is 7.12. The normalized spacial score (nSPS) is 15.6. The Hall–Kier alpha value is -3.88. The van der Waals surface area contributed by atoms with Crippen LogP contribution in [0.15, 0.2) is 66.4 Å². The van der Waals surface area contributed by atoms with Crippen molar-refractivity contribution in [3.05, 3.63) is 77.0 Å². The molecule has 5 heterocycles. The first kappa shape index (κ1) is 23.5. The number of aryl methyl sites for hydroxylation is 1. The Morgan fingerprint density at radius 1 is 1.11 bits per heavy atom. The van der Waals surface area contributed by atoms with E-state index in [4.69, 9.17) is 4.74 Å². The quantitative estimate of drug-likeness (QED) is 0.278. The van der Waals surface area contributed by atoms with Crippen LogP contribution in [-0.2, 0) is 4.74 Å². The van der Waals surface area contributed by atoms with Crippen molar-refractivity contribution in [3.8, 4) is 33.8 Å². The van der Waals surface area contributed by atoms with Gasteiger partial charge in [-0.3, -0.25) is 9.97 Å². The maximum Gasteiger partial charge on any atom is 0.348 e. The Kier molecular flexibility index (Phi) is 6.51. The minimum atomic E-state index is -0.256. The molecule has 1 aliphatic heterocycles. The molecule has 2 N–H and O–H groups in total. The molecule has 4 aromatic heterocycles. The maximum absolute atomic E-state index is 12.6. The summed E-state index contributed by atoms with van der Waals surface area (Å²) in [6, 6.07) is 16.1. The third-order valence-electron chi connectivity index (χ3n) is 6.72. The first-order chi connectivity index (χ1) is 18.1. The average Bonchev–Trinajstić information content (AvgIpc) is 3.62. The largest absolute Gasteiger partial charge is 0.461 e. The van der Waals surface area contributed by atoms with Crippen molar-refractivity contribution in [2.24, 2.45) is 5.92 Å². The van der Waals surface area contributed by atoms with E-state index < -0.39 is 0 Å². The molecule has 6 rings (SSSR count). The number of H-pyrrole nitrogens is 1. The molecule has 186 valence electrons. The van der Waals surface area contributed by atoms with Crippen molar-refractivity contribution in [2.45, 2.75) is 19.8 Å². The summed E-state index contributed by atoms with van der Waals surface area (Å²) in [4.78, 5) is 30.4. The second-order valence-corrected chi connectivity index (χ2v) is 10.3. The van der Waals surface area contributed by atoms with Gasteiger partial charge in [-0.1, -0.05) is 12.1 Å². The van der Waals surface area contributed by atoms with Gasteiger partial charge in [0.1, 0.15) is 4.88 Å². The van der Waals surface area contributed by atoms with E-state index in [0.717, 1.165) is 76.3 Å². The monoisotopic (exact) mass is 509 g/mol. The molecule has 1 fully saturated rings. The van der Waals surface area contributed by atoms with Crippen molar-refractivity contribution < 1.29 is 9.53 Å². The Bertz CT molecular complexity index is 1570. The lowest BCUT2D eigenvalue weighted by Gasteiger charge is -2.22. The molecule has 0 amide bonds. The van der Waals surface area contributed by atoms with E-state index in [1.807, 2.05) is 54.9 Å². The molecule has 37 heavy (non-hydrogen) atoms. The lowest BCUT2D eigenvalue weighted by molar-refractivity contribution is 0.0426. The first-order valence-electron chi connectivity index (χ1n) is 12.5. The Labute approximate surface area is 219 Å². The van der Waals surface area contributed by atoms with Gasteiger partial charge in [-0.05, 0) is 73.7 Å². The molecule has 0 spiro atoms. The van der Waals surface area contributed by atoms with Crippen LogP contribution >= 0.6 is 11.3 Å². The van der Waals surface area contributed by atoms with Crippen LogP contribution in [0.4, 0.5) is 0 Å². The fraction of sp³-hybridized carbons (Fsp3) is 0.241. The topological polar surface area (TPSA) is 92.8 Å². The van der Waals surface area contributed by atoms with Gasteiger partial charge < -0.3 is 15.0 Å². The van der Waals surface area contributed by atoms with E-state index in [1.165, 1.54) is 11.3 Å². The Morgan fingerprint density at radius 3 is 2.89 bits per heavy atom. The number of rotatable bonds is 6. The highest BCUT2D eigenvalue weighted by atomic mass is 32.1. The van der Waals surface area contributed by atoms with Crippen LogP contribution in [0.2, 0.25) is 0 Å². The van der Waals surface area contributed by atoms with Crippen molar-refractivity contribution in [3.63, 3.8) is 0 Å². The van der Waals surface area contributed by atoms with Gasteiger partial charge in [0.05, 0.1) is 35.5 Å². The molecule has 1 aromatic carbocycles. The Balaban J connectivity index is 1.24. The standard InChI is InChI=1S/C29H27N5O2S/c1-18-4-2-6-25(34-18)28-27(32-17-33-28)20-7-8-24-21(10-20)11-22(14-31-24)23-12-26(37-16-23)29(35)36-15-19-5-3-9-30-13-19/h2,4,6-8,10-12,14,16-17,19,30H,3,5,9,13,15H2,1H3,(H,32,33). The molecular formula is C29H27N5O2S. The van der Waals surface area contributed by atoms with Crippen LogP contribution in [-0.4, -0.2) is 45.6 Å². The summed E-state index contributed by atoms with van der Waals surface area (Å²) in [6.45, 7) is 4.40. The predicted molar refractivity (Wildman–Crippen MR) is 146 cm³/mol. The number of pyridine rings is 2. The zero-order valence-electron chi connectivity index (χ0n) is 20.5. The lowest BCUT2D eigenvalue weighted by Crippen LogP contribution is -2.32. The van der Waals surface area contributed by atoms with Crippen molar-refractivity contribution in [1.29, 1.82) is 0 Å². The number of aromatic nitrogens is 4. The summed E-state index contributed by atoms with van der Waals surface area (Å²) >= 11 is 1.41. The number of hydrogen-bond acceptors (Lipinski definition) is 7. The summed E-state index contributed by atoms with van der Waals surface area (Å²) in [6.07, 6.45) is 5.78. The van der Waals surface area contributed by atoms with Crippen molar-refractivity contribution >= 4 is 28.2 Å². The number of imidazole rings is 1. The third-order valence-corrected chi connectivity index (χ3v) is 7.63. The first-order valence-corrected chi connectivity index (χ1v) is 13.4. The molecule has 1 unspecified atom stereocenters. The van der Waals surface area contributed by atoms with Crippen LogP contribution in [0.3, 0.4) is 0 Å². The van der Waals surface area contributed by atoms with Crippen LogP contribution in [0, 0.1) is 12.8 Å². The van der Waals surface area contributed by atoms with E-state index in [9.17, 15) is 4.79 Å². The average molecular weight is 510 g/mol. The smallest absolute Gasteiger partial charge is 0.348 e. The number of nitrogens with one attached hydrogen (secondary N) is 2. The molecule has 0 saturated carbocycles. The van der Waals surface area contributed by atoms with Gasteiger partial charge in [0.2, 0.25) is 0 Å². The summed E-state index contributed by atoms with van der Waals surface area (Å²) in [5, 5.41) is 6.35. The number of ether oxygens (including phenoxy) is 1. The zero-order chi connectivity index (χ0) is 25.2. The van der Waals surface area contributed by atoms with Gasteiger partial charge in [-0.2, -0.15) is 0 Å². The molecular weight excluding hydrogens is 482 g/mol. The summed E-state index contributed by atoms with van der Waals surface area (Å²) in [5.74, 6) is 0.140. The molecule has 1 saturated heterocycles. The molecule has 1 aliphatic rings. The number of piperidine rings is 1. The second kappa shape index (κ2) is 10.2. The maximum atomic E-state index is 12.6. The predicted octanol–water partition coefficient (Wildman–Crippen LogP) is 5.88. The number of thiophene rings is 1. The number of hydrogen-bond donors (Lipinski definition) is 2. The lowest BCUT2D eigenvalue weighted by atomic mass is 10.0. The molecule has 7 nitrogen and oxygen atoms in total. The SMILES string of the molecule is Cc1cccc(-c2[nH]cnc2-c2ccc3ncc(-c4csc(C(=O)OCC5CCCNC5)c4)cc3c2)n1. The van der Waals surface area contributed by atoms with E-state index in [1.54, 1.807) is 6.33 Å². The number of nitrogens with zero attached hydrogens (tertiary/aromatic N) is 3. The van der Waals surface area contributed by atoms with Gasteiger partial charge in [0.25, 0.3) is 0 Å². The number of carbonyl (C=O) groups is 1. The van der Waals surface area contributed by atoms with Crippen LogP contribution < -0.4 is 5.32 Å². The molecule has 0 radical (unpaired) electrons. The van der Waals surface area contributed by atoms with E-state index in [-0.39, 0.29) is 5.97 Å². The van der Waals surface area contributed by atoms with Gasteiger partial charge >= 0.3 is 5.97 Å². The van der Waals surface area contributed by atoms with Gasteiger partial charge in [-0.15, -0.1) is 11.3 Å². The molecule has 5 aromatic rings. The minimum absolute atomic E-state index is 0.256. The highest BCUT2D eigenvalue weighted by Gasteiger charge is 2.18. The third kappa shape index (κ3) is 5.03. The van der Waals surface area contributed by atoms with Crippen LogP contribution in [0.25, 0.3) is 44.7 Å². The summed E-state index contributed by atoms with van der Waals surface area (Å²) in [5.41, 5.74) is 7.34. The summed E-state index contributed by atoms with van der Waals surface area (Å²) < 4.78 is 5.60. The van der Waals surface area contributed by atoms with E-state index in [2.05, 4.69) is 37.4 Å². The fourth-order valence-corrected chi connectivity index (χ4v) is 5.56. The number of fused-ring (bicyclic) bond motifs is 1. The number of aromatic amines is 1. The molecule has 8 heteroatoms. The van der Waals surface area contributed by atoms with Crippen molar-refractivity contribution in [2.75, 3.05) is 19.7 Å².